The maximum Gasteiger partial charge on any atom is 0.00967 e. The quantitative estimate of drug-likeness (QED) is 0.639. The van der Waals surface area contributed by atoms with E-state index in [4.69, 9.17) is 0 Å². The zero-order valence-electron chi connectivity index (χ0n) is 12.2. The molecule has 0 aromatic carbocycles. The first-order chi connectivity index (χ1) is 7.33. The van der Waals surface area contributed by atoms with Crippen molar-refractivity contribution in [1.82, 2.24) is 5.32 Å². The highest BCUT2D eigenvalue weighted by atomic mass is 32.2. The highest BCUT2D eigenvalue weighted by Crippen LogP contribution is 2.29. The van der Waals surface area contributed by atoms with Crippen molar-refractivity contribution in [2.24, 2.45) is 5.41 Å². The van der Waals surface area contributed by atoms with Crippen LogP contribution in [0.5, 0.6) is 0 Å². The van der Waals surface area contributed by atoms with Crippen LogP contribution >= 0.6 is 11.8 Å². The summed E-state index contributed by atoms with van der Waals surface area (Å²) in [5.41, 5.74) is 0.728. The molecule has 0 aromatic heterocycles. The molecule has 0 saturated carbocycles. The maximum atomic E-state index is 3.67. The second-order valence-electron chi connectivity index (χ2n) is 6.26. The number of hydrogen-bond acceptors (Lipinski definition) is 2. The van der Waals surface area contributed by atoms with Crippen molar-refractivity contribution in [3.8, 4) is 0 Å². The van der Waals surface area contributed by atoms with Gasteiger partial charge in [0.25, 0.3) is 0 Å². The summed E-state index contributed by atoms with van der Waals surface area (Å²) in [5.74, 6) is 1.30. The minimum Gasteiger partial charge on any atom is -0.312 e. The van der Waals surface area contributed by atoms with Crippen molar-refractivity contribution in [3.05, 3.63) is 0 Å². The normalized spacial score (nSPS) is 16.1. The van der Waals surface area contributed by atoms with Gasteiger partial charge in [0, 0.05) is 12.1 Å². The van der Waals surface area contributed by atoms with E-state index in [2.05, 4.69) is 46.2 Å². The summed E-state index contributed by atoms with van der Waals surface area (Å²) in [7, 11) is 0. The minimum atomic E-state index is 0.245. The largest absolute Gasteiger partial charge is 0.312 e. The molecule has 0 rings (SSSR count). The third-order valence-corrected chi connectivity index (χ3v) is 3.72. The van der Waals surface area contributed by atoms with Crippen LogP contribution in [0.1, 0.15) is 60.3 Å². The molecular formula is C14H31NS. The first kappa shape index (κ1) is 16.3. The van der Waals surface area contributed by atoms with Gasteiger partial charge in [-0.05, 0) is 57.5 Å². The van der Waals surface area contributed by atoms with Gasteiger partial charge in [-0.2, -0.15) is 11.8 Å². The summed E-state index contributed by atoms with van der Waals surface area (Å²) in [4.78, 5) is 0. The van der Waals surface area contributed by atoms with Gasteiger partial charge in [0.15, 0.2) is 0 Å². The Morgan fingerprint density at radius 1 is 1.06 bits per heavy atom. The van der Waals surface area contributed by atoms with Gasteiger partial charge >= 0.3 is 0 Å². The van der Waals surface area contributed by atoms with Crippen LogP contribution in [0.2, 0.25) is 0 Å². The Morgan fingerprint density at radius 2 is 1.69 bits per heavy atom. The van der Waals surface area contributed by atoms with Gasteiger partial charge in [-0.3, -0.25) is 0 Å². The Balaban J connectivity index is 4.10. The number of nitrogens with one attached hydrogen (secondary N) is 1. The molecule has 1 atom stereocenters. The van der Waals surface area contributed by atoms with Gasteiger partial charge in [0.05, 0.1) is 0 Å². The molecule has 0 heterocycles. The van der Waals surface area contributed by atoms with E-state index in [1.165, 1.54) is 31.4 Å². The lowest BCUT2D eigenvalue weighted by atomic mass is 9.80. The number of hydrogen-bond donors (Lipinski definition) is 1. The molecule has 0 aromatic rings. The van der Waals surface area contributed by atoms with E-state index in [1.54, 1.807) is 0 Å². The molecule has 1 N–H and O–H groups in total. The van der Waals surface area contributed by atoms with Gasteiger partial charge in [-0.1, -0.05) is 20.3 Å². The van der Waals surface area contributed by atoms with Crippen LogP contribution in [0.4, 0.5) is 0 Å². The SMILES string of the molecule is CCCC(C)(CCCSC)CNC(C)(C)C. The summed E-state index contributed by atoms with van der Waals surface area (Å²) in [6.07, 6.45) is 7.53. The highest BCUT2D eigenvalue weighted by molar-refractivity contribution is 7.98. The van der Waals surface area contributed by atoms with Crippen molar-refractivity contribution in [2.45, 2.75) is 65.8 Å². The number of rotatable bonds is 8. The van der Waals surface area contributed by atoms with E-state index in [-0.39, 0.29) is 5.54 Å². The van der Waals surface area contributed by atoms with Gasteiger partial charge < -0.3 is 5.32 Å². The van der Waals surface area contributed by atoms with Crippen LogP contribution in [0, 0.1) is 5.41 Å². The van der Waals surface area contributed by atoms with E-state index in [0.29, 0.717) is 5.41 Å². The molecule has 0 fully saturated rings. The van der Waals surface area contributed by atoms with Crippen LogP contribution in [-0.4, -0.2) is 24.1 Å². The van der Waals surface area contributed by atoms with E-state index in [9.17, 15) is 0 Å². The van der Waals surface area contributed by atoms with Crippen molar-refractivity contribution in [3.63, 3.8) is 0 Å². The highest BCUT2D eigenvalue weighted by Gasteiger charge is 2.24. The van der Waals surface area contributed by atoms with E-state index < -0.39 is 0 Å². The summed E-state index contributed by atoms with van der Waals surface area (Å²) in [6.45, 7) is 12.6. The first-order valence-electron chi connectivity index (χ1n) is 6.57. The van der Waals surface area contributed by atoms with E-state index in [1.807, 2.05) is 11.8 Å². The lowest BCUT2D eigenvalue weighted by Gasteiger charge is -2.33. The van der Waals surface area contributed by atoms with Crippen LogP contribution < -0.4 is 5.32 Å². The van der Waals surface area contributed by atoms with Crippen LogP contribution in [0.15, 0.2) is 0 Å². The smallest absolute Gasteiger partial charge is 0.00967 e. The zero-order chi connectivity index (χ0) is 12.7. The van der Waals surface area contributed by atoms with Gasteiger partial charge in [-0.25, -0.2) is 0 Å². The molecule has 1 nitrogen and oxygen atoms in total. The Kier molecular flexibility index (Phi) is 7.75. The molecule has 16 heavy (non-hydrogen) atoms. The van der Waals surface area contributed by atoms with Crippen LogP contribution in [0.25, 0.3) is 0 Å². The lowest BCUT2D eigenvalue weighted by Crippen LogP contribution is -2.43. The van der Waals surface area contributed by atoms with Gasteiger partial charge in [0.1, 0.15) is 0 Å². The van der Waals surface area contributed by atoms with Crippen molar-refractivity contribution in [2.75, 3.05) is 18.6 Å². The van der Waals surface area contributed by atoms with Gasteiger partial charge in [0.2, 0.25) is 0 Å². The fraction of sp³-hybridized carbons (Fsp3) is 1.00. The molecule has 0 aliphatic carbocycles. The van der Waals surface area contributed by atoms with Crippen LogP contribution in [-0.2, 0) is 0 Å². The topological polar surface area (TPSA) is 12.0 Å². The third kappa shape index (κ3) is 8.46. The van der Waals surface area contributed by atoms with E-state index >= 15 is 0 Å². The average molecular weight is 245 g/mol. The molecule has 0 bridgehead atoms. The molecule has 0 amide bonds. The second kappa shape index (κ2) is 7.60. The summed E-state index contributed by atoms with van der Waals surface area (Å²) in [5, 5.41) is 3.67. The number of thioether (sulfide) groups is 1. The van der Waals surface area contributed by atoms with Crippen molar-refractivity contribution >= 4 is 11.8 Å². The Labute approximate surface area is 107 Å². The molecule has 0 spiro atoms. The molecular weight excluding hydrogens is 214 g/mol. The molecule has 2 heteroatoms. The Hall–Kier alpha value is 0.310. The Morgan fingerprint density at radius 3 is 2.12 bits per heavy atom. The third-order valence-electron chi connectivity index (χ3n) is 3.03. The maximum absolute atomic E-state index is 3.67. The average Bonchev–Trinajstić information content (AvgIpc) is 2.15. The summed E-state index contributed by atoms with van der Waals surface area (Å²) < 4.78 is 0. The molecule has 0 saturated heterocycles. The first-order valence-corrected chi connectivity index (χ1v) is 7.96. The minimum absolute atomic E-state index is 0.245. The van der Waals surface area contributed by atoms with Crippen molar-refractivity contribution < 1.29 is 0 Å². The summed E-state index contributed by atoms with van der Waals surface area (Å²) in [6, 6.07) is 0. The monoisotopic (exact) mass is 245 g/mol. The fourth-order valence-corrected chi connectivity index (χ4v) is 2.46. The summed E-state index contributed by atoms with van der Waals surface area (Å²) >= 11 is 1.96. The standard InChI is InChI=1S/C14H31NS/c1-7-9-14(5,10-8-11-16-6)12-15-13(2,3)4/h15H,7-12H2,1-6H3. The molecule has 0 radical (unpaired) electrons. The van der Waals surface area contributed by atoms with E-state index in [0.717, 1.165) is 6.54 Å². The molecule has 1 unspecified atom stereocenters. The predicted octanol–water partition coefficient (Wildman–Crippen LogP) is 4.32. The predicted molar refractivity (Wildman–Crippen MR) is 78.4 cm³/mol. The molecule has 0 aliphatic rings. The lowest BCUT2D eigenvalue weighted by molar-refractivity contribution is 0.227. The Bertz CT molecular complexity index is 174. The molecule has 0 aliphatic heterocycles. The second-order valence-corrected chi connectivity index (χ2v) is 7.25. The molecule has 98 valence electrons. The fourth-order valence-electron chi connectivity index (χ4n) is 2.03. The van der Waals surface area contributed by atoms with Crippen molar-refractivity contribution in [1.29, 1.82) is 0 Å². The van der Waals surface area contributed by atoms with Crippen LogP contribution in [0.3, 0.4) is 0 Å². The zero-order valence-corrected chi connectivity index (χ0v) is 13.0. The van der Waals surface area contributed by atoms with Gasteiger partial charge in [-0.15, -0.1) is 0 Å².